The Bertz CT molecular complexity index is 1120. The summed E-state index contributed by atoms with van der Waals surface area (Å²) in [7, 11) is 1.44. The van der Waals surface area contributed by atoms with E-state index in [0.29, 0.717) is 12.4 Å². The smallest absolute Gasteiger partial charge is 0.328 e. The number of amides is 3. The van der Waals surface area contributed by atoms with Gasteiger partial charge < -0.3 is 10.1 Å². The van der Waals surface area contributed by atoms with Crippen LogP contribution < -0.4 is 10.1 Å². The zero-order valence-corrected chi connectivity index (χ0v) is 16.7. The molecule has 0 unspecified atom stereocenters. The van der Waals surface area contributed by atoms with Crippen LogP contribution >= 0.6 is 15.9 Å². The first-order chi connectivity index (χ1) is 13.5. The Hall–Kier alpha value is -3.12. The molecule has 140 valence electrons. The lowest BCUT2D eigenvalue weighted by atomic mass is 10.1. The number of likely N-dealkylation sites (N-methyl/N-ethyl adjacent to an activating group) is 1. The molecule has 4 rings (SSSR count). The lowest BCUT2D eigenvalue weighted by Gasteiger charge is -2.10. The van der Waals surface area contributed by atoms with Gasteiger partial charge in [-0.3, -0.25) is 9.69 Å². The standard InChI is InChI=1S/C22H17BrN2O3/c1-25-21(26)19(24-22(25)27)12-14-7-9-20(18(23)11-14)28-13-15-6-8-16-4-2-3-5-17(16)10-15/h2-12H,13H2,1H3,(H,24,27)/b19-12+. The van der Waals surface area contributed by atoms with E-state index in [9.17, 15) is 9.59 Å². The second-order valence-corrected chi connectivity index (χ2v) is 7.37. The number of imide groups is 1. The zero-order chi connectivity index (χ0) is 19.7. The van der Waals surface area contributed by atoms with Gasteiger partial charge in [0.2, 0.25) is 0 Å². The summed E-state index contributed by atoms with van der Waals surface area (Å²) in [5.41, 5.74) is 2.12. The number of benzene rings is 3. The maximum atomic E-state index is 12.0. The van der Waals surface area contributed by atoms with Gasteiger partial charge in [-0.25, -0.2) is 4.79 Å². The Balaban J connectivity index is 1.48. The number of urea groups is 1. The van der Waals surface area contributed by atoms with Gasteiger partial charge in [0, 0.05) is 7.05 Å². The Morgan fingerprint density at radius 2 is 1.82 bits per heavy atom. The second kappa shape index (κ2) is 7.48. The van der Waals surface area contributed by atoms with E-state index in [4.69, 9.17) is 4.74 Å². The highest BCUT2D eigenvalue weighted by atomic mass is 79.9. The first kappa shape index (κ1) is 18.3. The molecule has 3 aromatic rings. The van der Waals surface area contributed by atoms with Crippen molar-refractivity contribution < 1.29 is 14.3 Å². The number of carbonyl (C=O) groups is 2. The molecule has 6 heteroatoms. The normalized spacial score (nSPS) is 15.4. The van der Waals surface area contributed by atoms with Crippen molar-refractivity contribution in [2.24, 2.45) is 0 Å². The quantitative estimate of drug-likeness (QED) is 0.476. The van der Waals surface area contributed by atoms with Crippen LogP contribution in [0.25, 0.3) is 16.8 Å². The van der Waals surface area contributed by atoms with Crippen LogP contribution in [0.3, 0.4) is 0 Å². The minimum atomic E-state index is -0.425. The zero-order valence-electron chi connectivity index (χ0n) is 15.1. The highest BCUT2D eigenvalue weighted by molar-refractivity contribution is 9.10. The van der Waals surface area contributed by atoms with Gasteiger partial charge in [0.25, 0.3) is 5.91 Å². The number of nitrogens with one attached hydrogen (secondary N) is 1. The van der Waals surface area contributed by atoms with Gasteiger partial charge in [0.1, 0.15) is 18.1 Å². The third-order valence-corrected chi connectivity index (χ3v) is 5.18. The van der Waals surface area contributed by atoms with Crippen molar-refractivity contribution >= 4 is 44.7 Å². The average Bonchev–Trinajstić information content (AvgIpc) is 2.94. The van der Waals surface area contributed by atoms with Crippen molar-refractivity contribution in [3.05, 3.63) is 82.0 Å². The highest BCUT2D eigenvalue weighted by Gasteiger charge is 2.29. The first-order valence-corrected chi connectivity index (χ1v) is 9.51. The van der Waals surface area contributed by atoms with Crippen molar-refractivity contribution in [2.45, 2.75) is 6.61 Å². The van der Waals surface area contributed by atoms with Gasteiger partial charge in [-0.1, -0.05) is 42.5 Å². The van der Waals surface area contributed by atoms with E-state index in [2.05, 4.69) is 51.6 Å². The third kappa shape index (κ3) is 3.64. The lowest BCUT2D eigenvalue weighted by molar-refractivity contribution is -0.121. The van der Waals surface area contributed by atoms with E-state index in [1.807, 2.05) is 30.3 Å². The van der Waals surface area contributed by atoms with E-state index in [1.165, 1.54) is 17.8 Å². The number of hydrogen-bond donors (Lipinski definition) is 1. The highest BCUT2D eigenvalue weighted by Crippen LogP contribution is 2.28. The van der Waals surface area contributed by atoms with Gasteiger partial charge in [0.05, 0.1) is 4.47 Å². The van der Waals surface area contributed by atoms with Crippen LogP contribution in [0.2, 0.25) is 0 Å². The minimum absolute atomic E-state index is 0.254. The van der Waals surface area contributed by atoms with Gasteiger partial charge in [-0.05, 0) is 62.1 Å². The summed E-state index contributed by atoms with van der Waals surface area (Å²) < 4.78 is 6.71. The van der Waals surface area contributed by atoms with Crippen LogP contribution in [-0.4, -0.2) is 23.9 Å². The van der Waals surface area contributed by atoms with Crippen molar-refractivity contribution in [3.63, 3.8) is 0 Å². The maximum absolute atomic E-state index is 12.0. The molecule has 0 bridgehead atoms. The number of fused-ring (bicyclic) bond motifs is 1. The van der Waals surface area contributed by atoms with E-state index in [1.54, 1.807) is 6.08 Å². The fourth-order valence-corrected chi connectivity index (χ4v) is 3.51. The second-order valence-electron chi connectivity index (χ2n) is 6.51. The summed E-state index contributed by atoms with van der Waals surface area (Å²) in [5.74, 6) is 0.354. The third-order valence-electron chi connectivity index (χ3n) is 4.56. The van der Waals surface area contributed by atoms with Crippen LogP contribution in [0.1, 0.15) is 11.1 Å². The molecular weight excluding hydrogens is 420 g/mol. The topological polar surface area (TPSA) is 58.6 Å². The molecule has 3 amide bonds. The molecule has 0 aromatic heterocycles. The summed E-state index contributed by atoms with van der Waals surface area (Å²) in [6, 6.07) is 19.6. The number of halogens is 1. The Morgan fingerprint density at radius 1 is 1.04 bits per heavy atom. The van der Waals surface area contributed by atoms with E-state index in [-0.39, 0.29) is 11.6 Å². The summed E-state index contributed by atoms with van der Waals surface area (Å²) in [5, 5.41) is 4.93. The number of rotatable bonds is 4. The summed E-state index contributed by atoms with van der Waals surface area (Å²) in [4.78, 5) is 24.5. The van der Waals surface area contributed by atoms with Crippen LogP contribution in [-0.2, 0) is 11.4 Å². The molecular formula is C22H17BrN2O3. The molecule has 0 spiro atoms. The van der Waals surface area contributed by atoms with Gasteiger partial charge in [-0.15, -0.1) is 0 Å². The van der Waals surface area contributed by atoms with E-state index in [0.717, 1.165) is 20.5 Å². The van der Waals surface area contributed by atoms with Gasteiger partial charge >= 0.3 is 6.03 Å². The molecule has 28 heavy (non-hydrogen) atoms. The van der Waals surface area contributed by atoms with Crippen LogP contribution in [0.4, 0.5) is 4.79 Å². The lowest BCUT2D eigenvalue weighted by Crippen LogP contribution is -2.25. The summed E-state index contributed by atoms with van der Waals surface area (Å²) in [6.45, 7) is 0.448. The Morgan fingerprint density at radius 3 is 2.54 bits per heavy atom. The number of ether oxygens (including phenoxy) is 1. The maximum Gasteiger partial charge on any atom is 0.328 e. The molecule has 1 N–H and O–H groups in total. The number of carbonyl (C=O) groups excluding carboxylic acids is 2. The van der Waals surface area contributed by atoms with Crippen LogP contribution in [0.5, 0.6) is 5.75 Å². The molecule has 1 heterocycles. The van der Waals surface area contributed by atoms with E-state index < -0.39 is 6.03 Å². The fourth-order valence-electron chi connectivity index (χ4n) is 3.00. The van der Waals surface area contributed by atoms with Crippen molar-refractivity contribution in [2.75, 3.05) is 7.05 Å². The van der Waals surface area contributed by atoms with Gasteiger partial charge in [0.15, 0.2) is 0 Å². The van der Waals surface area contributed by atoms with Crippen LogP contribution in [0, 0.1) is 0 Å². The largest absolute Gasteiger partial charge is 0.488 e. The molecule has 1 aliphatic rings. The predicted molar refractivity (Wildman–Crippen MR) is 112 cm³/mol. The molecule has 5 nitrogen and oxygen atoms in total. The molecule has 1 saturated heterocycles. The molecule has 3 aromatic carbocycles. The molecule has 1 fully saturated rings. The van der Waals surface area contributed by atoms with Crippen molar-refractivity contribution in [3.8, 4) is 5.75 Å². The van der Waals surface area contributed by atoms with Crippen molar-refractivity contribution in [1.82, 2.24) is 10.2 Å². The summed E-state index contributed by atoms with van der Waals surface area (Å²) >= 11 is 3.51. The molecule has 0 saturated carbocycles. The minimum Gasteiger partial charge on any atom is -0.488 e. The van der Waals surface area contributed by atoms with Gasteiger partial charge in [-0.2, -0.15) is 0 Å². The molecule has 1 aliphatic heterocycles. The average molecular weight is 437 g/mol. The Labute approximate surface area is 170 Å². The van der Waals surface area contributed by atoms with Crippen LogP contribution in [0.15, 0.2) is 70.8 Å². The predicted octanol–water partition coefficient (Wildman–Crippen LogP) is 4.70. The number of hydrogen-bond acceptors (Lipinski definition) is 3. The Kier molecular flexibility index (Phi) is 4.88. The molecule has 0 aliphatic carbocycles. The number of nitrogens with zero attached hydrogens (tertiary/aromatic N) is 1. The fraction of sp³-hybridized carbons (Fsp3) is 0.0909. The molecule has 0 radical (unpaired) electrons. The monoisotopic (exact) mass is 436 g/mol. The summed E-state index contributed by atoms with van der Waals surface area (Å²) in [6.07, 6.45) is 1.64. The first-order valence-electron chi connectivity index (χ1n) is 8.72. The SMILES string of the molecule is CN1C(=O)N/C(=C/c2ccc(OCc3ccc4ccccc4c3)c(Br)c2)C1=O. The van der Waals surface area contributed by atoms with Crippen molar-refractivity contribution in [1.29, 1.82) is 0 Å². The van der Waals surface area contributed by atoms with E-state index >= 15 is 0 Å². The molecule has 0 atom stereocenters.